The zero-order chi connectivity index (χ0) is 22.2. The molecule has 1 aliphatic heterocycles. The molecule has 1 saturated carbocycles. The number of amides is 1. The number of likely N-dealkylation sites (N-methyl/N-ethyl adjacent to an activating group) is 1. The van der Waals surface area contributed by atoms with Crippen LogP contribution >= 0.6 is 15.9 Å². The third-order valence-corrected chi connectivity index (χ3v) is 5.80. The van der Waals surface area contributed by atoms with Crippen molar-refractivity contribution in [2.45, 2.75) is 32.2 Å². The number of carbonyl (C=O) groups excluding carboxylic acids is 1. The minimum Gasteiger partial charge on any atom is -0.391 e. The van der Waals surface area contributed by atoms with Gasteiger partial charge in [-0.15, -0.1) is 0 Å². The average molecular weight is 487 g/mol. The second-order valence-electron chi connectivity index (χ2n) is 7.97. The van der Waals surface area contributed by atoms with E-state index in [9.17, 15) is 4.79 Å². The number of hydrogen-bond acceptors (Lipinski definition) is 5. The Kier molecular flexibility index (Phi) is 8.40. The van der Waals surface area contributed by atoms with Crippen molar-refractivity contribution in [2.75, 3.05) is 27.2 Å². The number of aliphatic imine (C=N–C) groups is 1. The second-order valence-corrected chi connectivity index (χ2v) is 8.99. The number of nitrogens with zero attached hydrogens (tertiary/aromatic N) is 5. The molecular formula is C23H31BrN6O. The molecule has 3 rings (SSSR count). The molecule has 1 aromatic heterocycles. The zero-order valence-electron chi connectivity index (χ0n) is 18.3. The second kappa shape index (κ2) is 11.2. The first kappa shape index (κ1) is 23.2. The molecule has 2 heterocycles. The molecule has 0 unspecified atom stereocenters. The summed E-state index contributed by atoms with van der Waals surface area (Å²) in [6.45, 7) is 5.95. The van der Waals surface area contributed by atoms with Crippen LogP contribution < -0.4 is 5.32 Å². The monoisotopic (exact) mass is 486 g/mol. The topological polar surface area (TPSA) is 73.2 Å². The van der Waals surface area contributed by atoms with Gasteiger partial charge in [-0.2, -0.15) is 5.10 Å². The number of allylic oxidation sites excluding steroid dienone is 2. The lowest BCUT2D eigenvalue weighted by atomic mass is 9.92. The molecule has 31 heavy (non-hydrogen) atoms. The molecule has 1 aromatic rings. The summed E-state index contributed by atoms with van der Waals surface area (Å²) in [7, 11) is 3.81. The van der Waals surface area contributed by atoms with Crippen LogP contribution in [0.1, 0.15) is 31.2 Å². The van der Waals surface area contributed by atoms with Crippen LogP contribution in [0, 0.1) is 11.8 Å². The fourth-order valence-electron chi connectivity index (χ4n) is 3.65. The lowest BCUT2D eigenvalue weighted by Crippen LogP contribution is -2.40. The average Bonchev–Trinajstić information content (AvgIpc) is 3.63. The zero-order valence-corrected chi connectivity index (χ0v) is 19.9. The summed E-state index contributed by atoms with van der Waals surface area (Å²) in [5.41, 5.74) is 2.15. The van der Waals surface area contributed by atoms with E-state index in [0.29, 0.717) is 22.9 Å². The van der Waals surface area contributed by atoms with Crippen molar-refractivity contribution in [2.24, 2.45) is 21.9 Å². The molecule has 1 aliphatic carbocycles. The molecule has 0 spiro atoms. The van der Waals surface area contributed by atoms with Crippen LogP contribution in [-0.2, 0) is 11.3 Å². The first-order chi connectivity index (χ1) is 15.0. The Morgan fingerprint density at radius 1 is 1.35 bits per heavy atom. The van der Waals surface area contributed by atoms with Crippen molar-refractivity contribution in [3.63, 3.8) is 0 Å². The van der Waals surface area contributed by atoms with Gasteiger partial charge in [0.2, 0.25) is 5.91 Å². The Labute approximate surface area is 193 Å². The molecule has 1 saturated heterocycles. The van der Waals surface area contributed by atoms with Gasteiger partial charge in [-0.05, 0) is 53.2 Å². The Hall–Kier alpha value is -2.48. The fourth-order valence-corrected chi connectivity index (χ4v) is 3.74. The third kappa shape index (κ3) is 7.02. The molecule has 0 radical (unpaired) electrons. The maximum atomic E-state index is 12.4. The van der Waals surface area contributed by atoms with Crippen LogP contribution in [0.25, 0.3) is 0 Å². The number of piperidine rings is 1. The SMILES string of the molecule is C=C(Br)/C=N\N(C)C(C=C(NC)C1CCN(C(=O)C2CC2)CC1)=NCc1cccnc1. The maximum Gasteiger partial charge on any atom is 0.225 e. The predicted octanol–water partition coefficient (Wildman–Crippen LogP) is 3.56. The number of halogens is 1. The van der Waals surface area contributed by atoms with Gasteiger partial charge in [0.15, 0.2) is 0 Å². The smallest absolute Gasteiger partial charge is 0.225 e. The molecule has 2 fully saturated rings. The summed E-state index contributed by atoms with van der Waals surface area (Å²) in [6.07, 6.45) is 11.3. The number of pyridine rings is 1. The Bertz CT molecular complexity index is 854. The van der Waals surface area contributed by atoms with Crippen molar-refractivity contribution in [1.29, 1.82) is 0 Å². The van der Waals surface area contributed by atoms with Crippen molar-refractivity contribution in [3.05, 3.63) is 52.9 Å². The molecule has 0 atom stereocenters. The quantitative estimate of drug-likeness (QED) is 0.346. The molecule has 7 nitrogen and oxygen atoms in total. The lowest BCUT2D eigenvalue weighted by Gasteiger charge is -2.33. The molecule has 166 valence electrons. The third-order valence-electron chi connectivity index (χ3n) is 5.60. The molecule has 8 heteroatoms. The van der Waals surface area contributed by atoms with Crippen molar-refractivity contribution in [3.8, 4) is 0 Å². The van der Waals surface area contributed by atoms with Gasteiger partial charge in [-0.1, -0.05) is 12.6 Å². The summed E-state index contributed by atoms with van der Waals surface area (Å²) in [5.74, 6) is 1.74. The standard InChI is InChI=1S/C23H31BrN6O/c1-17(24)14-28-29(3)22(27-16-18-5-4-10-26-15-18)13-21(25-2)19-8-11-30(12-9-19)23(31)20-6-7-20/h4-5,10,13-15,19-20,25H,1,6-9,11-12,16H2,2-3H3/b21-13?,27-22?,28-14-. The highest BCUT2D eigenvalue weighted by atomic mass is 79.9. The first-order valence-corrected chi connectivity index (χ1v) is 11.5. The van der Waals surface area contributed by atoms with E-state index < -0.39 is 0 Å². The molecular weight excluding hydrogens is 456 g/mol. The van der Waals surface area contributed by atoms with Crippen LogP contribution in [0.3, 0.4) is 0 Å². The summed E-state index contributed by atoms with van der Waals surface area (Å²) >= 11 is 3.31. The Balaban J connectivity index is 1.74. The van der Waals surface area contributed by atoms with E-state index in [-0.39, 0.29) is 5.92 Å². The lowest BCUT2D eigenvalue weighted by molar-refractivity contribution is -0.133. The van der Waals surface area contributed by atoms with Crippen LogP contribution in [0.2, 0.25) is 0 Å². The van der Waals surface area contributed by atoms with Gasteiger partial charge in [0.1, 0.15) is 5.84 Å². The highest BCUT2D eigenvalue weighted by Crippen LogP contribution is 2.33. The summed E-state index contributed by atoms with van der Waals surface area (Å²) in [4.78, 5) is 23.4. The molecule has 1 amide bonds. The Morgan fingerprint density at radius 2 is 2.10 bits per heavy atom. The predicted molar refractivity (Wildman–Crippen MR) is 129 cm³/mol. The van der Waals surface area contributed by atoms with E-state index in [1.807, 2.05) is 37.3 Å². The number of nitrogens with one attached hydrogen (secondary N) is 1. The van der Waals surface area contributed by atoms with Crippen LogP contribution in [0.5, 0.6) is 0 Å². The fraction of sp³-hybridized carbons (Fsp3) is 0.478. The van der Waals surface area contributed by atoms with E-state index in [2.05, 4.69) is 44.0 Å². The van der Waals surface area contributed by atoms with Gasteiger partial charge in [-0.3, -0.25) is 19.8 Å². The first-order valence-electron chi connectivity index (χ1n) is 10.7. The minimum absolute atomic E-state index is 0.290. The number of rotatable bonds is 8. The highest BCUT2D eigenvalue weighted by molar-refractivity contribution is 9.12. The minimum atomic E-state index is 0.290. The van der Waals surface area contributed by atoms with Gasteiger partial charge < -0.3 is 10.2 Å². The number of carbonyl (C=O) groups is 1. The number of amidine groups is 1. The maximum absolute atomic E-state index is 12.4. The van der Waals surface area contributed by atoms with Crippen LogP contribution in [-0.4, -0.2) is 60.0 Å². The summed E-state index contributed by atoms with van der Waals surface area (Å²) < 4.78 is 0.691. The van der Waals surface area contributed by atoms with Gasteiger partial charge >= 0.3 is 0 Å². The van der Waals surface area contributed by atoms with E-state index in [1.165, 1.54) is 0 Å². The van der Waals surface area contributed by atoms with Crippen molar-refractivity contribution < 1.29 is 4.79 Å². The van der Waals surface area contributed by atoms with E-state index in [1.54, 1.807) is 17.4 Å². The summed E-state index contributed by atoms with van der Waals surface area (Å²) in [6, 6.07) is 3.92. The largest absolute Gasteiger partial charge is 0.391 e. The number of aromatic nitrogens is 1. The molecule has 0 aromatic carbocycles. The van der Waals surface area contributed by atoms with Gasteiger partial charge in [0.05, 0.1) is 12.8 Å². The number of likely N-dealkylation sites (tertiary alicyclic amines) is 1. The van der Waals surface area contributed by atoms with Gasteiger partial charge in [-0.25, -0.2) is 0 Å². The van der Waals surface area contributed by atoms with Gasteiger partial charge in [0.25, 0.3) is 0 Å². The highest BCUT2D eigenvalue weighted by Gasteiger charge is 2.35. The normalized spacial score (nSPS) is 18.4. The molecule has 1 N–H and O–H groups in total. The number of hydrogen-bond donors (Lipinski definition) is 1. The summed E-state index contributed by atoms with van der Waals surface area (Å²) in [5, 5.41) is 9.52. The van der Waals surface area contributed by atoms with E-state index in [4.69, 9.17) is 4.99 Å². The van der Waals surface area contributed by atoms with Crippen molar-refractivity contribution in [1.82, 2.24) is 20.2 Å². The van der Waals surface area contributed by atoms with E-state index in [0.717, 1.165) is 55.9 Å². The van der Waals surface area contributed by atoms with E-state index >= 15 is 0 Å². The van der Waals surface area contributed by atoms with Crippen LogP contribution in [0.15, 0.2) is 57.5 Å². The Morgan fingerprint density at radius 3 is 2.68 bits per heavy atom. The van der Waals surface area contributed by atoms with Crippen molar-refractivity contribution >= 4 is 33.9 Å². The van der Waals surface area contributed by atoms with Gasteiger partial charge in [0, 0.05) is 67.7 Å². The molecule has 2 aliphatic rings. The molecule has 0 bridgehead atoms. The van der Waals surface area contributed by atoms with Crippen LogP contribution in [0.4, 0.5) is 0 Å². The number of hydrazone groups is 1.